The van der Waals surface area contributed by atoms with Gasteiger partial charge in [0.05, 0.1) is 30.5 Å². The molecule has 0 aliphatic heterocycles. The van der Waals surface area contributed by atoms with Gasteiger partial charge in [-0.2, -0.15) is 0 Å². The zero-order valence-corrected chi connectivity index (χ0v) is 31.6. The van der Waals surface area contributed by atoms with Gasteiger partial charge in [0, 0.05) is 37.8 Å². The van der Waals surface area contributed by atoms with Crippen LogP contribution < -0.4 is 10.6 Å². The van der Waals surface area contributed by atoms with E-state index < -0.39 is 94.4 Å². The number of carbonyl (C=O) groups is 7. The molecule has 0 aromatic heterocycles. The number of phenols is 1. The second-order valence-corrected chi connectivity index (χ2v) is 16.1. The van der Waals surface area contributed by atoms with Crippen molar-refractivity contribution < 1.29 is 53.2 Å². The highest BCUT2D eigenvalue weighted by molar-refractivity contribution is 6.32. The summed E-state index contributed by atoms with van der Waals surface area (Å²) in [5.74, 6) is -12.2. The van der Waals surface area contributed by atoms with Crippen LogP contribution in [0.25, 0.3) is 0 Å². The molecule has 54 heavy (non-hydrogen) atoms. The minimum absolute atomic E-state index is 0.0227. The number of aliphatic hydroxyl groups is 1. The van der Waals surface area contributed by atoms with E-state index in [2.05, 4.69) is 0 Å². The Hall–Kier alpha value is -5.15. The van der Waals surface area contributed by atoms with Crippen molar-refractivity contribution in [3.63, 3.8) is 0 Å². The van der Waals surface area contributed by atoms with Crippen LogP contribution in [0.15, 0.2) is 36.4 Å². The number of aromatic hydroxyl groups is 1. The van der Waals surface area contributed by atoms with E-state index >= 15 is 0 Å². The van der Waals surface area contributed by atoms with Crippen LogP contribution in [0.1, 0.15) is 54.2 Å². The summed E-state index contributed by atoms with van der Waals surface area (Å²) in [6.45, 7) is 4.86. The molecular formula is C39H48N4O11. The van der Waals surface area contributed by atoms with E-state index in [0.717, 1.165) is 5.56 Å². The van der Waals surface area contributed by atoms with Gasteiger partial charge in [0.1, 0.15) is 5.75 Å². The number of ketones is 4. The number of rotatable bonds is 10. The maximum atomic E-state index is 14.5. The van der Waals surface area contributed by atoms with Gasteiger partial charge < -0.3 is 35.2 Å². The van der Waals surface area contributed by atoms with Crippen LogP contribution in [-0.2, 0) is 52.8 Å². The van der Waals surface area contributed by atoms with Crippen molar-refractivity contribution in [2.45, 2.75) is 58.2 Å². The summed E-state index contributed by atoms with van der Waals surface area (Å²) in [6, 6.07) is 9.33. The molecular weight excluding hydrogens is 700 g/mol. The molecule has 0 saturated heterocycles. The summed E-state index contributed by atoms with van der Waals surface area (Å²) >= 11 is 0. The predicted octanol–water partition coefficient (Wildman–Crippen LogP) is 1.66. The maximum absolute atomic E-state index is 14.5. The summed E-state index contributed by atoms with van der Waals surface area (Å²) in [6.07, 6.45) is -0.881. The van der Waals surface area contributed by atoms with Crippen LogP contribution in [-0.4, -0.2) is 114 Å². The molecule has 0 bridgehead atoms. The van der Waals surface area contributed by atoms with E-state index in [1.807, 2.05) is 26.8 Å². The van der Waals surface area contributed by atoms with Gasteiger partial charge in [-0.3, -0.25) is 33.7 Å². The molecule has 3 aliphatic rings. The second kappa shape index (κ2) is 14.9. The number of hydrogen-bond donors (Lipinski definition) is 3. The third-order valence-corrected chi connectivity index (χ3v) is 10.5. The monoisotopic (exact) mass is 748 g/mol. The largest absolute Gasteiger partial charge is 0.507 e. The van der Waals surface area contributed by atoms with Crippen molar-refractivity contribution in [1.29, 1.82) is 0 Å². The molecule has 0 radical (unpaired) electrons. The van der Waals surface area contributed by atoms with Crippen molar-refractivity contribution in [2.75, 3.05) is 46.4 Å². The Morgan fingerprint density at radius 1 is 0.981 bits per heavy atom. The number of Topliss-reactive ketones (excluding diaryl/α,β-unsaturated/α-hetero) is 4. The number of phenolic OH excluding ortho intramolecular Hbond substituents is 1. The Bertz CT molecular complexity index is 1890. The van der Waals surface area contributed by atoms with Crippen LogP contribution in [0.3, 0.4) is 0 Å². The Labute approximate surface area is 313 Å². The Morgan fingerprint density at radius 3 is 2.20 bits per heavy atom. The molecule has 5 rings (SSSR count). The fourth-order valence-electron chi connectivity index (χ4n) is 8.24. The number of likely N-dealkylation sites (N-methyl/N-ethyl adjacent to an activating group) is 1. The number of ether oxygens (including phenoxy) is 2. The summed E-state index contributed by atoms with van der Waals surface area (Å²) in [7, 11) is 6.51. The molecule has 2 fully saturated rings. The SMILES string of the molecule is CN(C)c1cc(CN(CC(C)(C)C)C(=O)OCOC(=O)Cc2ccccc2)c(O)c2c1C[C@H]1C[C@H]3[C@H](N(C)C)C(=O)C(C(N)=O)C(=O)[C@@]3(O)C(=O)C1C2=O. The Balaban J connectivity index is 1.47. The van der Waals surface area contributed by atoms with Crippen LogP contribution in [0.4, 0.5) is 10.5 Å². The van der Waals surface area contributed by atoms with Gasteiger partial charge in [-0.05, 0) is 55.5 Å². The van der Waals surface area contributed by atoms with Gasteiger partial charge in [0.2, 0.25) is 12.7 Å². The van der Waals surface area contributed by atoms with Crippen molar-refractivity contribution in [1.82, 2.24) is 9.80 Å². The van der Waals surface area contributed by atoms with Crippen molar-refractivity contribution in [3.05, 3.63) is 58.7 Å². The third kappa shape index (κ3) is 7.34. The second-order valence-electron chi connectivity index (χ2n) is 16.1. The molecule has 2 saturated carbocycles. The number of hydrogen-bond acceptors (Lipinski definition) is 13. The molecule has 4 N–H and O–H groups in total. The number of primary amides is 1. The van der Waals surface area contributed by atoms with E-state index in [-0.39, 0.29) is 43.5 Å². The van der Waals surface area contributed by atoms with E-state index in [0.29, 0.717) is 11.3 Å². The average molecular weight is 749 g/mol. The number of amides is 2. The predicted molar refractivity (Wildman–Crippen MR) is 193 cm³/mol. The van der Waals surface area contributed by atoms with E-state index in [4.69, 9.17) is 15.2 Å². The minimum Gasteiger partial charge on any atom is -0.507 e. The first kappa shape index (κ1) is 40.0. The molecule has 6 atom stereocenters. The highest BCUT2D eigenvalue weighted by Gasteiger charge is 2.69. The first-order chi connectivity index (χ1) is 25.2. The van der Waals surface area contributed by atoms with Crippen molar-refractivity contribution in [2.24, 2.45) is 34.8 Å². The van der Waals surface area contributed by atoms with Crippen LogP contribution in [0, 0.1) is 29.1 Å². The number of carbonyl (C=O) groups excluding carboxylic acids is 7. The molecule has 15 heteroatoms. The maximum Gasteiger partial charge on any atom is 0.412 e. The van der Waals surface area contributed by atoms with Gasteiger partial charge >= 0.3 is 12.1 Å². The number of fused-ring (bicyclic) bond motifs is 3. The van der Waals surface area contributed by atoms with Crippen LogP contribution in [0.5, 0.6) is 5.75 Å². The topological polar surface area (TPSA) is 214 Å². The van der Waals surface area contributed by atoms with E-state index in [1.54, 1.807) is 49.3 Å². The van der Waals surface area contributed by atoms with Gasteiger partial charge in [-0.1, -0.05) is 51.1 Å². The number of nitrogens with zero attached hydrogens (tertiary/aromatic N) is 3. The lowest BCUT2D eigenvalue weighted by Crippen LogP contribution is -2.74. The highest BCUT2D eigenvalue weighted by Crippen LogP contribution is 2.52. The quantitative estimate of drug-likeness (QED) is 0.179. The summed E-state index contributed by atoms with van der Waals surface area (Å²) in [4.78, 5) is 98.4. The lowest BCUT2D eigenvalue weighted by molar-refractivity contribution is -0.181. The number of nitrogens with two attached hydrogens (primary N) is 1. The molecule has 2 aromatic carbocycles. The number of benzene rings is 2. The lowest BCUT2D eigenvalue weighted by Gasteiger charge is -2.52. The zero-order valence-electron chi connectivity index (χ0n) is 31.6. The molecule has 3 aliphatic carbocycles. The first-order valence-electron chi connectivity index (χ1n) is 17.7. The Morgan fingerprint density at radius 2 is 1.63 bits per heavy atom. The van der Waals surface area contributed by atoms with Crippen LogP contribution in [0.2, 0.25) is 0 Å². The lowest BCUT2D eigenvalue weighted by atomic mass is 9.52. The minimum atomic E-state index is -2.85. The Kier molecular flexibility index (Phi) is 11.1. The molecule has 15 nitrogen and oxygen atoms in total. The molecule has 0 heterocycles. The molecule has 2 aromatic rings. The number of esters is 1. The van der Waals surface area contributed by atoms with E-state index in [1.165, 1.54) is 23.9 Å². The molecule has 2 amide bonds. The zero-order chi connectivity index (χ0) is 40.0. The molecule has 290 valence electrons. The summed E-state index contributed by atoms with van der Waals surface area (Å²) < 4.78 is 10.5. The number of anilines is 1. The third-order valence-electron chi connectivity index (χ3n) is 10.5. The van der Waals surface area contributed by atoms with Crippen molar-refractivity contribution >= 4 is 46.8 Å². The van der Waals surface area contributed by atoms with E-state index in [9.17, 15) is 43.8 Å². The fraction of sp³-hybridized carbons (Fsp3) is 0.513. The summed E-state index contributed by atoms with van der Waals surface area (Å²) in [5, 5.41) is 23.7. The summed E-state index contributed by atoms with van der Waals surface area (Å²) in [5.41, 5.74) is 3.71. The average Bonchev–Trinajstić information content (AvgIpc) is 3.06. The van der Waals surface area contributed by atoms with Gasteiger partial charge in [-0.25, -0.2) is 4.79 Å². The van der Waals surface area contributed by atoms with Crippen LogP contribution >= 0.6 is 0 Å². The molecule has 2 unspecified atom stereocenters. The normalized spacial score (nSPS) is 25.0. The van der Waals surface area contributed by atoms with Gasteiger partial charge in [0.25, 0.3) is 0 Å². The fourth-order valence-corrected chi connectivity index (χ4v) is 8.24. The smallest absolute Gasteiger partial charge is 0.412 e. The van der Waals surface area contributed by atoms with Gasteiger partial charge in [-0.15, -0.1) is 0 Å². The highest BCUT2D eigenvalue weighted by atomic mass is 16.7. The van der Waals surface area contributed by atoms with Crippen molar-refractivity contribution in [3.8, 4) is 5.75 Å². The standard InChI is InChI=1S/C39H48N4O11/c1-38(2,3)18-43(37(51)54-19-53-26(44)13-20-11-9-8-10-12-20)17-22-16-25(41(4)5)23-14-21-15-24-30(42(6)7)33(47)29(36(40)50)35(49)39(24,52)34(48)27(21)32(46)28(23)31(22)45/h8-12,16,21,24,27,29-30,45,52H,13-15,17-19H2,1-7H3,(H2,40,50)/t21-,24-,27?,29?,30-,39-/m0/s1. The first-order valence-corrected chi connectivity index (χ1v) is 17.7. The molecule has 0 spiro atoms. The van der Waals surface area contributed by atoms with Gasteiger partial charge in [0.15, 0.2) is 34.7 Å².